The standard InChI is InChI=1S/C15H27N3OS/c1-11(2)9-20-10-14-17-15(19-18-14)8-12-6-4-5-7-13(12)16-3/h11-13,16H,4-10H2,1-3H3. The molecule has 1 heterocycles. The van der Waals surface area contributed by atoms with Crippen LogP contribution in [-0.4, -0.2) is 29.0 Å². The second kappa shape index (κ2) is 8.03. The number of nitrogens with one attached hydrogen (secondary N) is 1. The summed E-state index contributed by atoms with van der Waals surface area (Å²) in [6, 6.07) is 0.606. The largest absolute Gasteiger partial charge is 0.339 e. The van der Waals surface area contributed by atoms with Gasteiger partial charge in [-0.2, -0.15) is 16.7 Å². The van der Waals surface area contributed by atoms with Gasteiger partial charge in [0.15, 0.2) is 5.82 Å². The molecule has 0 radical (unpaired) electrons. The molecule has 1 N–H and O–H groups in total. The molecule has 0 aromatic carbocycles. The molecule has 4 nitrogen and oxygen atoms in total. The number of hydrogen-bond acceptors (Lipinski definition) is 5. The molecule has 20 heavy (non-hydrogen) atoms. The zero-order valence-electron chi connectivity index (χ0n) is 12.9. The van der Waals surface area contributed by atoms with Crippen molar-refractivity contribution in [3.8, 4) is 0 Å². The summed E-state index contributed by atoms with van der Waals surface area (Å²) < 4.78 is 5.42. The number of rotatable bonds is 7. The Balaban J connectivity index is 1.82. The Bertz CT molecular complexity index is 394. The van der Waals surface area contributed by atoms with Crippen LogP contribution >= 0.6 is 11.8 Å². The van der Waals surface area contributed by atoms with Gasteiger partial charge in [-0.15, -0.1) is 0 Å². The molecule has 0 aliphatic heterocycles. The third kappa shape index (κ3) is 4.77. The number of aromatic nitrogens is 2. The van der Waals surface area contributed by atoms with Crippen LogP contribution in [0, 0.1) is 11.8 Å². The Morgan fingerprint density at radius 2 is 2.15 bits per heavy atom. The smallest absolute Gasteiger partial charge is 0.227 e. The molecule has 1 saturated carbocycles. The summed E-state index contributed by atoms with van der Waals surface area (Å²) in [6.45, 7) is 4.46. The quantitative estimate of drug-likeness (QED) is 0.837. The first-order valence-electron chi connectivity index (χ1n) is 7.75. The lowest BCUT2D eigenvalue weighted by Crippen LogP contribution is -2.37. The lowest BCUT2D eigenvalue weighted by molar-refractivity contribution is 0.248. The Kier molecular flexibility index (Phi) is 6.36. The maximum atomic E-state index is 5.42. The first-order chi connectivity index (χ1) is 9.69. The monoisotopic (exact) mass is 297 g/mol. The van der Waals surface area contributed by atoms with Crippen molar-refractivity contribution in [2.24, 2.45) is 11.8 Å². The molecule has 1 aliphatic rings. The van der Waals surface area contributed by atoms with E-state index in [1.54, 1.807) is 0 Å². The fraction of sp³-hybridized carbons (Fsp3) is 0.867. The second-order valence-electron chi connectivity index (χ2n) is 6.16. The van der Waals surface area contributed by atoms with Crippen molar-refractivity contribution in [2.75, 3.05) is 12.8 Å². The van der Waals surface area contributed by atoms with Gasteiger partial charge in [-0.3, -0.25) is 0 Å². The highest BCUT2D eigenvalue weighted by Crippen LogP contribution is 2.27. The van der Waals surface area contributed by atoms with Crippen LogP contribution in [0.15, 0.2) is 4.52 Å². The minimum Gasteiger partial charge on any atom is -0.339 e. The van der Waals surface area contributed by atoms with Crippen LogP contribution in [0.5, 0.6) is 0 Å². The van der Waals surface area contributed by atoms with Crippen molar-refractivity contribution in [3.05, 3.63) is 11.7 Å². The van der Waals surface area contributed by atoms with Gasteiger partial charge in [-0.05, 0) is 37.5 Å². The Labute approximate surface area is 126 Å². The summed E-state index contributed by atoms with van der Waals surface area (Å²) in [5.41, 5.74) is 0. The summed E-state index contributed by atoms with van der Waals surface area (Å²) in [7, 11) is 2.06. The minimum absolute atomic E-state index is 0.606. The van der Waals surface area contributed by atoms with Crippen LogP contribution in [0.4, 0.5) is 0 Å². The maximum absolute atomic E-state index is 5.42. The normalized spacial score (nSPS) is 23.4. The highest BCUT2D eigenvalue weighted by molar-refractivity contribution is 7.98. The van der Waals surface area contributed by atoms with Crippen LogP contribution in [0.2, 0.25) is 0 Å². The summed E-state index contributed by atoms with van der Waals surface area (Å²) >= 11 is 1.88. The third-order valence-corrected chi connectivity index (χ3v) is 5.27. The van der Waals surface area contributed by atoms with Crippen LogP contribution in [0.25, 0.3) is 0 Å². The van der Waals surface area contributed by atoms with Crippen molar-refractivity contribution in [1.82, 2.24) is 15.5 Å². The van der Waals surface area contributed by atoms with Gasteiger partial charge in [0.05, 0.1) is 5.75 Å². The predicted molar refractivity (Wildman–Crippen MR) is 83.8 cm³/mol. The van der Waals surface area contributed by atoms with E-state index in [0.717, 1.165) is 29.6 Å². The van der Waals surface area contributed by atoms with E-state index in [1.807, 2.05) is 11.8 Å². The van der Waals surface area contributed by atoms with Gasteiger partial charge in [-0.1, -0.05) is 31.8 Å². The molecular weight excluding hydrogens is 270 g/mol. The molecule has 0 bridgehead atoms. The molecule has 1 aromatic rings. The highest BCUT2D eigenvalue weighted by Gasteiger charge is 2.25. The number of hydrogen-bond donors (Lipinski definition) is 1. The van der Waals surface area contributed by atoms with E-state index < -0.39 is 0 Å². The van der Waals surface area contributed by atoms with Gasteiger partial charge in [0.2, 0.25) is 5.89 Å². The van der Waals surface area contributed by atoms with Crippen LogP contribution in [-0.2, 0) is 12.2 Å². The molecule has 0 spiro atoms. The van der Waals surface area contributed by atoms with Crippen molar-refractivity contribution in [1.29, 1.82) is 0 Å². The highest BCUT2D eigenvalue weighted by atomic mass is 32.2. The number of thioether (sulfide) groups is 1. The molecule has 1 fully saturated rings. The molecule has 1 aromatic heterocycles. The van der Waals surface area contributed by atoms with Crippen LogP contribution in [0.1, 0.15) is 51.2 Å². The molecule has 0 saturated heterocycles. The van der Waals surface area contributed by atoms with E-state index in [0.29, 0.717) is 17.9 Å². The zero-order valence-corrected chi connectivity index (χ0v) is 13.7. The van der Waals surface area contributed by atoms with Crippen molar-refractivity contribution in [2.45, 2.75) is 57.7 Å². The van der Waals surface area contributed by atoms with Gasteiger partial charge in [0, 0.05) is 12.5 Å². The van der Waals surface area contributed by atoms with Crippen LogP contribution in [0.3, 0.4) is 0 Å². The fourth-order valence-corrected chi connectivity index (χ4v) is 3.76. The molecule has 2 unspecified atom stereocenters. The van der Waals surface area contributed by atoms with E-state index in [4.69, 9.17) is 4.52 Å². The summed E-state index contributed by atoms with van der Waals surface area (Å²) in [5.74, 6) is 5.03. The Hall–Kier alpha value is -0.550. The van der Waals surface area contributed by atoms with Gasteiger partial charge < -0.3 is 9.84 Å². The molecular formula is C15H27N3OS. The zero-order chi connectivity index (χ0) is 14.4. The SMILES string of the molecule is CNC1CCCCC1Cc1nc(CSCC(C)C)no1. The molecule has 5 heteroatoms. The van der Waals surface area contributed by atoms with E-state index in [-0.39, 0.29) is 0 Å². The lowest BCUT2D eigenvalue weighted by Gasteiger charge is -2.30. The second-order valence-corrected chi connectivity index (χ2v) is 7.19. The molecule has 0 amide bonds. The van der Waals surface area contributed by atoms with Gasteiger partial charge in [-0.25, -0.2) is 0 Å². The average molecular weight is 297 g/mol. The Morgan fingerprint density at radius 1 is 1.35 bits per heavy atom. The summed E-state index contributed by atoms with van der Waals surface area (Å²) in [6.07, 6.45) is 6.13. The number of nitrogens with zero attached hydrogens (tertiary/aromatic N) is 2. The van der Waals surface area contributed by atoms with Crippen molar-refractivity contribution >= 4 is 11.8 Å². The van der Waals surface area contributed by atoms with Crippen molar-refractivity contribution < 1.29 is 4.52 Å². The first-order valence-corrected chi connectivity index (χ1v) is 8.91. The van der Waals surface area contributed by atoms with Gasteiger partial charge >= 0.3 is 0 Å². The van der Waals surface area contributed by atoms with E-state index in [1.165, 1.54) is 25.7 Å². The van der Waals surface area contributed by atoms with Gasteiger partial charge in [0.25, 0.3) is 0 Å². The third-order valence-electron chi connectivity index (χ3n) is 3.91. The summed E-state index contributed by atoms with van der Waals surface area (Å²) in [5, 5.41) is 7.54. The van der Waals surface area contributed by atoms with E-state index in [9.17, 15) is 0 Å². The lowest BCUT2D eigenvalue weighted by atomic mass is 9.82. The minimum atomic E-state index is 0.606. The summed E-state index contributed by atoms with van der Waals surface area (Å²) in [4.78, 5) is 4.54. The first kappa shape index (κ1) is 15.8. The van der Waals surface area contributed by atoms with Crippen molar-refractivity contribution in [3.63, 3.8) is 0 Å². The van der Waals surface area contributed by atoms with Crippen LogP contribution < -0.4 is 5.32 Å². The molecule has 2 rings (SSSR count). The molecule has 2 atom stereocenters. The maximum Gasteiger partial charge on any atom is 0.227 e. The topological polar surface area (TPSA) is 51.0 Å². The Morgan fingerprint density at radius 3 is 2.90 bits per heavy atom. The molecule has 114 valence electrons. The molecule has 1 aliphatic carbocycles. The van der Waals surface area contributed by atoms with E-state index in [2.05, 4.69) is 36.4 Å². The average Bonchev–Trinajstić information content (AvgIpc) is 2.86. The fourth-order valence-electron chi connectivity index (χ4n) is 2.87. The van der Waals surface area contributed by atoms with E-state index >= 15 is 0 Å². The van der Waals surface area contributed by atoms with Gasteiger partial charge in [0.1, 0.15) is 0 Å². The predicted octanol–water partition coefficient (Wildman–Crippen LogP) is 3.28.